The molecule has 0 unspecified atom stereocenters. The Bertz CT molecular complexity index is 908. The average molecular weight is 424 g/mol. The van der Waals surface area contributed by atoms with Crippen molar-refractivity contribution in [2.75, 3.05) is 49.6 Å². The van der Waals surface area contributed by atoms with Gasteiger partial charge in [-0.1, -0.05) is 12.1 Å². The second-order valence-corrected chi connectivity index (χ2v) is 7.83. The summed E-state index contributed by atoms with van der Waals surface area (Å²) in [4.78, 5) is 33.8. The first kappa shape index (κ1) is 21.1. The molecule has 0 bridgehead atoms. The van der Waals surface area contributed by atoms with Crippen LogP contribution in [0.3, 0.4) is 0 Å². The van der Waals surface area contributed by atoms with Crippen LogP contribution < -0.4 is 15.5 Å². The summed E-state index contributed by atoms with van der Waals surface area (Å²) in [5, 5.41) is 5.73. The molecule has 4 rings (SSSR count). The summed E-state index contributed by atoms with van der Waals surface area (Å²) in [5.74, 6) is 0.898. The SMILES string of the molecule is O=C(NCc1cccnc1N1CCOCC1)Nc1cccc(C(=O)N2CCCCC2)c1. The number of urea groups is 1. The van der Waals surface area contributed by atoms with Crippen molar-refractivity contribution in [3.63, 3.8) is 0 Å². The fourth-order valence-corrected chi connectivity index (χ4v) is 3.99. The van der Waals surface area contributed by atoms with Gasteiger partial charge in [-0.3, -0.25) is 4.79 Å². The van der Waals surface area contributed by atoms with Crippen LogP contribution in [0.2, 0.25) is 0 Å². The summed E-state index contributed by atoms with van der Waals surface area (Å²) >= 11 is 0. The Morgan fingerprint density at radius 1 is 1.00 bits per heavy atom. The quantitative estimate of drug-likeness (QED) is 0.772. The van der Waals surface area contributed by atoms with Gasteiger partial charge in [-0.15, -0.1) is 0 Å². The third kappa shape index (κ3) is 5.52. The van der Waals surface area contributed by atoms with Crippen LogP contribution in [0.25, 0.3) is 0 Å². The van der Waals surface area contributed by atoms with Crippen molar-refractivity contribution in [1.82, 2.24) is 15.2 Å². The third-order valence-electron chi connectivity index (χ3n) is 5.63. The van der Waals surface area contributed by atoms with E-state index in [-0.39, 0.29) is 11.9 Å². The topological polar surface area (TPSA) is 86.8 Å². The van der Waals surface area contributed by atoms with Crippen molar-refractivity contribution >= 4 is 23.4 Å². The second kappa shape index (κ2) is 10.3. The van der Waals surface area contributed by atoms with Crippen LogP contribution in [0.15, 0.2) is 42.6 Å². The van der Waals surface area contributed by atoms with Crippen LogP contribution >= 0.6 is 0 Å². The molecule has 0 atom stereocenters. The van der Waals surface area contributed by atoms with E-state index < -0.39 is 0 Å². The normalized spacial score (nSPS) is 16.6. The Morgan fingerprint density at radius 3 is 2.61 bits per heavy atom. The number of carbonyl (C=O) groups is 2. The van der Waals surface area contributed by atoms with Gasteiger partial charge in [-0.05, 0) is 43.5 Å². The Hall–Kier alpha value is -3.13. The van der Waals surface area contributed by atoms with Crippen molar-refractivity contribution in [1.29, 1.82) is 0 Å². The minimum Gasteiger partial charge on any atom is -0.378 e. The van der Waals surface area contributed by atoms with Gasteiger partial charge in [0.2, 0.25) is 0 Å². The van der Waals surface area contributed by atoms with Gasteiger partial charge in [0.1, 0.15) is 5.82 Å². The number of likely N-dealkylation sites (tertiary alicyclic amines) is 1. The highest BCUT2D eigenvalue weighted by Gasteiger charge is 2.19. The molecule has 2 aliphatic heterocycles. The van der Waals surface area contributed by atoms with Gasteiger partial charge in [0.25, 0.3) is 5.91 Å². The molecule has 0 aliphatic carbocycles. The largest absolute Gasteiger partial charge is 0.378 e. The summed E-state index contributed by atoms with van der Waals surface area (Å²) in [6, 6.07) is 10.6. The van der Waals surface area contributed by atoms with Gasteiger partial charge in [-0.2, -0.15) is 0 Å². The average Bonchev–Trinajstić information content (AvgIpc) is 2.84. The molecule has 1 aromatic carbocycles. The monoisotopic (exact) mass is 423 g/mol. The predicted octanol–water partition coefficient (Wildman–Crippen LogP) is 2.87. The van der Waals surface area contributed by atoms with Crippen molar-refractivity contribution in [3.8, 4) is 0 Å². The number of amides is 3. The molecule has 1 aromatic heterocycles. The van der Waals surface area contributed by atoms with Crippen LogP contribution in [0.5, 0.6) is 0 Å². The number of hydrogen-bond donors (Lipinski definition) is 2. The van der Waals surface area contributed by atoms with E-state index in [0.717, 1.165) is 50.4 Å². The summed E-state index contributed by atoms with van der Waals surface area (Å²) in [7, 11) is 0. The number of aromatic nitrogens is 1. The Balaban J connectivity index is 1.35. The maximum absolute atomic E-state index is 12.7. The zero-order valence-corrected chi connectivity index (χ0v) is 17.7. The smallest absolute Gasteiger partial charge is 0.319 e. The molecular weight excluding hydrogens is 394 g/mol. The minimum absolute atomic E-state index is 0.0225. The standard InChI is InChI=1S/C23H29N5O3/c29-22(28-10-2-1-3-11-28)18-6-4-8-20(16-18)26-23(30)25-17-19-7-5-9-24-21(19)27-12-14-31-15-13-27/h4-9,16H,1-3,10-15,17H2,(H2,25,26,30). The van der Waals surface area contributed by atoms with Crippen molar-refractivity contribution in [2.45, 2.75) is 25.8 Å². The molecule has 2 aliphatic rings. The Morgan fingerprint density at radius 2 is 1.81 bits per heavy atom. The van der Waals surface area contributed by atoms with E-state index in [1.54, 1.807) is 30.5 Å². The molecule has 3 heterocycles. The van der Waals surface area contributed by atoms with Crippen LogP contribution in [0.4, 0.5) is 16.3 Å². The number of morpholine rings is 1. The lowest BCUT2D eigenvalue weighted by atomic mass is 10.1. The number of carbonyl (C=O) groups excluding carboxylic acids is 2. The highest BCUT2D eigenvalue weighted by atomic mass is 16.5. The number of ether oxygens (including phenoxy) is 1. The van der Waals surface area contributed by atoms with Gasteiger partial charge in [0.05, 0.1) is 13.2 Å². The molecule has 0 saturated carbocycles. The number of hydrogen-bond acceptors (Lipinski definition) is 5. The van der Waals surface area contributed by atoms with Gasteiger partial charge >= 0.3 is 6.03 Å². The van der Waals surface area contributed by atoms with Crippen LogP contribution in [-0.2, 0) is 11.3 Å². The van der Waals surface area contributed by atoms with E-state index in [1.807, 2.05) is 17.0 Å². The molecule has 2 fully saturated rings. The van der Waals surface area contributed by atoms with Crippen LogP contribution in [0.1, 0.15) is 35.2 Å². The minimum atomic E-state index is -0.320. The molecule has 0 radical (unpaired) electrons. The number of benzene rings is 1. The highest BCUT2D eigenvalue weighted by molar-refractivity contribution is 5.97. The molecule has 0 spiro atoms. The number of pyridine rings is 1. The first-order valence-electron chi connectivity index (χ1n) is 10.9. The zero-order chi connectivity index (χ0) is 21.5. The maximum atomic E-state index is 12.7. The van der Waals surface area contributed by atoms with Gasteiger partial charge < -0.3 is 25.2 Å². The molecule has 31 heavy (non-hydrogen) atoms. The van der Waals surface area contributed by atoms with E-state index in [2.05, 4.69) is 20.5 Å². The van der Waals surface area contributed by atoms with Crippen LogP contribution in [0, 0.1) is 0 Å². The summed E-state index contributed by atoms with van der Waals surface area (Å²) in [6.45, 7) is 4.88. The number of anilines is 2. The molecule has 2 aromatic rings. The first-order valence-corrected chi connectivity index (χ1v) is 10.9. The van der Waals surface area contributed by atoms with Gasteiger partial charge in [0.15, 0.2) is 0 Å². The van der Waals surface area contributed by atoms with Crippen molar-refractivity contribution < 1.29 is 14.3 Å². The lowest BCUT2D eigenvalue weighted by molar-refractivity contribution is 0.0724. The molecular formula is C23H29N5O3. The Kier molecular flexibility index (Phi) is 6.99. The van der Waals surface area contributed by atoms with E-state index in [1.165, 1.54) is 6.42 Å². The van der Waals surface area contributed by atoms with E-state index >= 15 is 0 Å². The number of rotatable bonds is 5. The molecule has 2 N–H and O–H groups in total. The summed E-state index contributed by atoms with van der Waals surface area (Å²) < 4.78 is 5.41. The predicted molar refractivity (Wildman–Crippen MR) is 119 cm³/mol. The summed E-state index contributed by atoms with van der Waals surface area (Å²) in [6.07, 6.45) is 5.04. The van der Waals surface area contributed by atoms with Crippen molar-refractivity contribution in [3.05, 3.63) is 53.7 Å². The molecule has 8 heteroatoms. The lowest BCUT2D eigenvalue weighted by Crippen LogP contribution is -2.38. The third-order valence-corrected chi connectivity index (χ3v) is 5.63. The highest BCUT2D eigenvalue weighted by Crippen LogP contribution is 2.19. The molecule has 3 amide bonds. The fourth-order valence-electron chi connectivity index (χ4n) is 3.99. The molecule has 8 nitrogen and oxygen atoms in total. The van der Waals surface area contributed by atoms with E-state index in [9.17, 15) is 9.59 Å². The zero-order valence-electron chi connectivity index (χ0n) is 17.7. The van der Waals surface area contributed by atoms with E-state index in [0.29, 0.717) is 31.0 Å². The second-order valence-electron chi connectivity index (χ2n) is 7.83. The molecule has 2 saturated heterocycles. The first-order chi connectivity index (χ1) is 15.2. The molecule has 164 valence electrons. The van der Waals surface area contributed by atoms with E-state index in [4.69, 9.17) is 4.74 Å². The number of piperidine rings is 1. The number of nitrogens with one attached hydrogen (secondary N) is 2. The summed E-state index contributed by atoms with van der Waals surface area (Å²) in [5.41, 5.74) is 2.15. The van der Waals surface area contributed by atoms with Crippen molar-refractivity contribution in [2.24, 2.45) is 0 Å². The Labute approximate surface area is 182 Å². The number of nitrogens with zero attached hydrogens (tertiary/aromatic N) is 3. The maximum Gasteiger partial charge on any atom is 0.319 e. The lowest BCUT2D eigenvalue weighted by Gasteiger charge is -2.29. The van der Waals surface area contributed by atoms with Gasteiger partial charge in [0, 0.05) is 55.7 Å². The fraction of sp³-hybridized carbons (Fsp3) is 0.435. The van der Waals surface area contributed by atoms with Crippen LogP contribution in [-0.4, -0.2) is 61.2 Å². The van der Waals surface area contributed by atoms with Gasteiger partial charge in [-0.25, -0.2) is 9.78 Å².